The number of alkyl halides is 2. The van der Waals surface area contributed by atoms with Crippen molar-refractivity contribution in [3.8, 4) is 5.75 Å². The Morgan fingerprint density at radius 2 is 1.92 bits per heavy atom. The van der Waals surface area contributed by atoms with Gasteiger partial charge in [0, 0.05) is 4.75 Å². The van der Waals surface area contributed by atoms with Gasteiger partial charge in [-0.1, -0.05) is 44.0 Å². The number of amides is 1. The van der Waals surface area contributed by atoms with E-state index in [0.29, 0.717) is 0 Å². The van der Waals surface area contributed by atoms with Crippen LogP contribution in [0.3, 0.4) is 0 Å². The zero-order valence-electron chi connectivity index (χ0n) is 13.4. The van der Waals surface area contributed by atoms with Gasteiger partial charge in [-0.25, -0.2) is 4.79 Å². The summed E-state index contributed by atoms with van der Waals surface area (Å²) in [6, 6.07) is 6.73. The van der Waals surface area contributed by atoms with Gasteiger partial charge in [-0.05, 0) is 31.5 Å². The number of hydrogen-bond acceptors (Lipinski definition) is 5. The highest BCUT2D eigenvalue weighted by atomic mass is 79.9. The van der Waals surface area contributed by atoms with Crippen LogP contribution in [-0.2, 0) is 20.9 Å². The van der Waals surface area contributed by atoms with E-state index in [9.17, 15) is 9.59 Å². The number of carbonyl (C=O) groups is 2. The Labute approximate surface area is 161 Å². The van der Waals surface area contributed by atoms with Gasteiger partial charge in [-0.3, -0.25) is 4.79 Å². The van der Waals surface area contributed by atoms with Gasteiger partial charge < -0.3 is 14.4 Å². The first-order valence-electron chi connectivity index (χ1n) is 7.36. The van der Waals surface area contributed by atoms with Crippen LogP contribution in [0.5, 0.6) is 5.75 Å². The van der Waals surface area contributed by atoms with E-state index < -0.39 is 14.0 Å². The van der Waals surface area contributed by atoms with Gasteiger partial charge >= 0.3 is 5.97 Å². The lowest BCUT2D eigenvalue weighted by Gasteiger charge is -2.46. The Morgan fingerprint density at radius 3 is 2.50 bits per heavy atom. The maximum atomic E-state index is 12.6. The number of rotatable bonds is 4. The molecule has 0 aromatic heterocycles. The van der Waals surface area contributed by atoms with Crippen LogP contribution < -0.4 is 4.74 Å². The lowest BCUT2D eigenvalue weighted by atomic mass is 9.98. The number of thioether (sulfide) groups is 1. The SMILES string of the molecule is COc1ccc(COC(=O)C2N3C(=O)C(Br)(Br)C3SC2(C)C)cc1. The highest BCUT2D eigenvalue weighted by Crippen LogP contribution is 2.60. The summed E-state index contributed by atoms with van der Waals surface area (Å²) in [4.78, 5) is 26.5. The van der Waals surface area contributed by atoms with Gasteiger partial charge in [0.2, 0.25) is 0 Å². The largest absolute Gasteiger partial charge is 0.497 e. The number of esters is 1. The third-order valence-corrected chi connectivity index (χ3v) is 7.98. The van der Waals surface area contributed by atoms with Crippen LogP contribution in [0.2, 0.25) is 0 Å². The summed E-state index contributed by atoms with van der Waals surface area (Å²) in [7, 11) is 1.60. The summed E-state index contributed by atoms with van der Waals surface area (Å²) in [5.74, 6) is 0.227. The third-order valence-electron chi connectivity index (χ3n) is 4.20. The van der Waals surface area contributed by atoms with Crippen molar-refractivity contribution in [2.45, 2.75) is 39.9 Å². The first-order chi connectivity index (χ1) is 11.2. The van der Waals surface area contributed by atoms with E-state index in [-0.39, 0.29) is 23.9 Å². The number of fused-ring (bicyclic) bond motifs is 1. The number of halogens is 2. The second-order valence-corrected chi connectivity index (χ2v) is 11.6. The molecular formula is C16H17Br2NO4S. The van der Waals surface area contributed by atoms with Crippen LogP contribution in [0.1, 0.15) is 19.4 Å². The predicted octanol–water partition coefficient (Wildman–Crippen LogP) is 3.29. The Kier molecular flexibility index (Phi) is 4.68. The normalized spacial score (nSPS) is 26.5. The smallest absolute Gasteiger partial charge is 0.330 e. The summed E-state index contributed by atoms with van der Waals surface area (Å²) in [6.45, 7) is 4.08. The summed E-state index contributed by atoms with van der Waals surface area (Å²) < 4.78 is 9.38. The van der Waals surface area contributed by atoms with Gasteiger partial charge in [-0.2, -0.15) is 0 Å². The van der Waals surface area contributed by atoms with Crippen molar-refractivity contribution in [1.29, 1.82) is 0 Å². The van der Waals surface area contributed by atoms with E-state index in [1.807, 2.05) is 38.1 Å². The summed E-state index contributed by atoms with van der Waals surface area (Å²) in [5, 5.41) is -0.126. The number of β-lactam (4-membered cyclic amide) rings is 1. The quantitative estimate of drug-likeness (QED) is 0.377. The van der Waals surface area contributed by atoms with Gasteiger partial charge in [0.05, 0.1) is 7.11 Å². The van der Waals surface area contributed by atoms with E-state index in [1.54, 1.807) is 23.8 Å². The number of carbonyl (C=O) groups excluding carboxylic acids is 2. The number of hydrogen-bond donors (Lipinski definition) is 0. The van der Waals surface area contributed by atoms with E-state index in [0.717, 1.165) is 11.3 Å². The number of ether oxygens (including phenoxy) is 2. The van der Waals surface area contributed by atoms with Gasteiger partial charge in [0.15, 0.2) is 3.23 Å². The number of methoxy groups -OCH3 is 1. The summed E-state index contributed by atoms with van der Waals surface area (Å²) >= 11 is 8.38. The molecule has 130 valence electrons. The number of benzene rings is 1. The van der Waals surface area contributed by atoms with Crippen molar-refractivity contribution in [3.05, 3.63) is 29.8 Å². The average molecular weight is 479 g/mol. The molecule has 0 spiro atoms. The van der Waals surface area contributed by atoms with E-state index in [2.05, 4.69) is 31.9 Å². The summed E-state index contributed by atoms with van der Waals surface area (Å²) in [5.41, 5.74) is 0.870. The molecule has 2 saturated heterocycles. The predicted molar refractivity (Wildman–Crippen MR) is 99.5 cm³/mol. The molecule has 0 aliphatic carbocycles. The van der Waals surface area contributed by atoms with Crippen molar-refractivity contribution in [1.82, 2.24) is 4.90 Å². The van der Waals surface area contributed by atoms with E-state index in [4.69, 9.17) is 9.47 Å². The minimum Gasteiger partial charge on any atom is -0.497 e. The monoisotopic (exact) mass is 477 g/mol. The molecular weight excluding hydrogens is 462 g/mol. The molecule has 2 fully saturated rings. The Morgan fingerprint density at radius 1 is 1.29 bits per heavy atom. The van der Waals surface area contributed by atoms with Crippen molar-refractivity contribution in [2.24, 2.45) is 0 Å². The van der Waals surface area contributed by atoms with Gasteiger partial charge in [-0.15, -0.1) is 11.8 Å². The molecule has 0 N–H and O–H groups in total. The van der Waals surface area contributed by atoms with Crippen LogP contribution in [0.25, 0.3) is 0 Å². The van der Waals surface area contributed by atoms with Crippen LogP contribution in [0.15, 0.2) is 24.3 Å². The molecule has 2 atom stereocenters. The van der Waals surface area contributed by atoms with Crippen molar-refractivity contribution in [2.75, 3.05) is 7.11 Å². The Hall–Kier alpha value is -0.730. The molecule has 0 saturated carbocycles. The average Bonchev–Trinajstić information content (AvgIpc) is 2.83. The fraction of sp³-hybridized carbons (Fsp3) is 0.500. The molecule has 0 radical (unpaired) electrons. The molecule has 1 aromatic carbocycles. The number of nitrogens with zero attached hydrogens (tertiary/aromatic N) is 1. The van der Waals surface area contributed by atoms with Crippen molar-refractivity contribution in [3.63, 3.8) is 0 Å². The molecule has 3 rings (SSSR count). The van der Waals surface area contributed by atoms with Gasteiger partial charge in [0.25, 0.3) is 5.91 Å². The first kappa shape index (κ1) is 18.1. The van der Waals surface area contributed by atoms with Crippen LogP contribution in [-0.4, -0.2) is 43.3 Å². The molecule has 24 heavy (non-hydrogen) atoms. The molecule has 1 aromatic rings. The highest BCUT2D eigenvalue weighted by molar-refractivity contribution is 9.26. The molecule has 2 aliphatic heterocycles. The molecule has 2 unspecified atom stereocenters. The maximum absolute atomic E-state index is 12.6. The lowest BCUT2D eigenvalue weighted by Crippen LogP contribution is -2.68. The molecule has 0 bridgehead atoms. The van der Waals surface area contributed by atoms with Crippen molar-refractivity contribution < 1.29 is 19.1 Å². The van der Waals surface area contributed by atoms with E-state index >= 15 is 0 Å². The molecule has 8 heteroatoms. The third kappa shape index (κ3) is 2.86. The fourth-order valence-electron chi connectivity index (χ4n) is 2.92. The topological polar surface area (TPSA) is 55.8 Å². The second kappa shape index (κ2) is 6.21. The van der Waals surface area contributed by atoms with Crippen LogP contribution in [0.4, 0.5) is 0 Å². The standard InChI is InChI=1S/C16H17Br2NO4S/c1-15(2)11(19-13(21)16(17,18)14(19)24-15)12(20)23-8-9-4-6-10(22-3)7-5-9/h4-7,11,14H,8H2,1-3H3. The Balaban J connectivity index is 1.69. The molecule has 5 nitrogen and oxygen atoms in total. The highest BCUT2D eigenvalue weighted by Gasteiger charge is 2.70. The maximum Gasteiger partial charge on any atom is 0.330 e. The molecule has 2 heterocycles. The van der Waals surface area contributed by atoms with Crippen LogP contribution >= 0.6 is 43.6 Å². The first-order valence-corrected chi connectivity index (χ1v) is 9.83. The lowest BCUT2D eigenvalue weighted by molar-refractivity contribution is -0.162. The summed E-state index contributed by atoms with van der Waals surface area (Å²) in [6.07, 6.45) is 0. The van der Waals surface area contributed by atoms with E-state index in [1.165, 1.54) is 0 Å². The Bertz CT molecular complexity index is 677. The minimum absolute atomic E-state index is 0.126. The zero-order chi connectivity index (χ0) is 17.7. The second-order valence-electron chi connectivity index (χ2n) is 6.27. The molecule has 1 amide bonds. The van der Waals surface area contributed by atoms with Crippen molar-refractivity contribution >= 4 is 55.5 Å². The van der Waals surface area contributed by atoms with Gasteiger partial charge in [0.1, 0.15) is 23.8 Å². The molecule has 2 aliphatic rings. The van der Waals surface area contributed by atoms with Crippen LogP contribution in [0, 0.1) is 0 Å². The minimum atomic E-state index is -0.785. The fourth-order valence-corrected chi connectivity index (χ4v) is 5.82. The zero-order valence-corrected chi connectivity index (χ0v) is 17.4.